The molecule has 11 heteroatoms. The number of methoxy groups -OCH3 is 1. The molecular formula is C25H30Cl2IN3O5. The Morgan fingerprint density at radius 1 is 1.11 bits per heavy atom. The number of hydrogen-bond donors (Lipinski definition) is 2. The van der Waals surface area contributed by atoms with Crippen molar-refractivity contribution in [2.75, 3.05) is 13.7 Å². The van der Waals surface area contributed by atoms with E-state index < -0.39 is 24.0 Å². The van der Waals surface area contributed by atoms with Gasteiger partial charge in [-0.1, -0.05) is 37.0 Å². The summed E-state index contributed by atoms with van der Waals surface area (Å²) >= 11 is 14.2. The third-order valence-corrected chi connectivity index (χ3v) is 6.16. The van der Waals surface area contributed by atoms with Crippen LogP contribution in [0.4, 0.5) is 0 Å². The van der Waals surface area contributed by atoms with Crippen molar-refractivity contribution in [2.45, 2.75) is 46.3 Å². The molecule has 2 amide bonds. The zero-order valence-corrected chi connectivity index (χ0v) is 24.4. The van der Waals surface area contributed by atoms with E-state index in [0.29, 0.717) is 35.3 Å². The molecule has 0 saturated carbocycles. The van der Waals surface area contributed by atoms with Gasteiger partial charge in [0.25, 0.3) is 11.8 Å². The quantitative estimate of drug-likeness (QED) is 0.181. The molecule has 0 heterocycles. The Bertz CT molecular complexity index is 1100. The molecule has 36 heavy (non-hydrogen) atoms. The molecule has 0 aliphatic rings. The maximum Gasteiger partial charge on any atom is 0.262 e. The lowest BCUT2D eigenvalue weighted by atomic mass is 10.0. The highest BCUT2D eigenvalue weighted by molar-refractivity contribution is 14.1. The topological polar surface area (TPSA) is 98.2 Å². The second-order valence-corrected chi connectivity index (χ2v) is 10.2. The average Bonchev–Trinajstić information content (AvgIpc) is 2.80. The first-order valence-electron chi connectivity index (χ1n) is 11.3. The van der Waals surface area contributed by atoms with Crippen molar-refractivity contribution in [1.82, 2.24) is 10.7 Å². The Labute approximate surface area is 235 Å². The van der Waals surface area contributed by atoms with Crippen LogP contribution >= 0.6 is 45.8 Å². The fourth-order valence-electron chi connectivity index (χ4n) is 3.18. The summed E-state index contributed by atoms with van der Waals surface area (Å²) in [7, 11) is 1.58. The SMILES string of the molecule is CCOc1cc(/C=N\NC(=O)[C@H](CC(C)C)NC(=O)[C@@H](C)Oc2ccc(Cl)cc2Cl)cc(I)c1OC. The van der Waals surface area contributed by atoms with Crippen molar-refractivity contribution < 1.29 is 23.8 Å². The Morgan fingerprint density at radius 3 is 2.44 bits per heavy atom. The van der Waals surface area contributed by atoms with Crippen LogP contribution in [0.5, 0.6) is 17.2 Å². The Morgan fingerprint density at radius 2 is 1.83 bits per heavy atom. The van der Waals surface area contributed by atoms with Gasteiger partial charge in [0, 0.05) is 5.02 Å². The van der Waals surface area contributed by atoms with Crippen LogP contribution < -0.4 is 25.0 Å². The van der Waals surface area contributed by atoms with Crippen LogP contribution in [0.2, 0.25) is 10.0 Å². The second-order valence-electron chi connectivity index (χ2n) is 8.23. The molecule has 196 valence electrons. The fraction of sp³-hybridized carbons (Fsp3) is 0.400. The van der Waals surface area contributed by atoms with Gasteiger partial charge in [0.05, 0.1) is 28.5 Å². The minimum Gasteiger partial charge on any atom is -0.492 e. The molecule has 0 aromatic heterocycles. The molecule has 0 radical (unpaired) electrons. The zero-order chi connectivity index (χ0) is 26.8. The normalized spacial score (nSPS) is 12.8. The predicted molar refractivity (Wildman–Crippen MR) is 151 cm³/mol. The summed E-state index contributed by atoms with van der Waals surface area (Å²) in [6, 6.07) is 7.54. The second kappa shape index (κ2) is 14.5. The summed E-state index contributed by atoms with van der Waals surface area (Å²) in [5, 5.41) is 7.55. The molecule has 0 bridgehead atoms. The van der Waals surface area contributed by atoms with E-state index in [-0.39, 0.29) is 10.9 Å². The van der Waals surface area contributed by atoms with Gasteiger partial charge >= 0.3 is 0 Å². The minimum absolute atomic E-state index is 0.142. The lowest BCUT2D eigenvalue weighted by Crippen LogP contribution is -2.49. The smallest absolute Gasteiger partial charge is 0.262 e. The van der Waals surface area contributed by atoms with Gasteiger partial charge < -0.3 is 19.5 Å². The number of hydrogen-bond acceptors (Lipinski definition) is 6. The van der Waals surface area contributed by atoms with E-state index in [4.69, 9.17) is 37.4 Å². The predicted octanol–water partition coefficient (Wildman–Crippen LogP) is 5.45. The molecule has 2 aromatic rings. The van der Waals surface area contributed by atoms with Crippen LogP contribution in [0.1, 0.15) is 39.7 Å². The molecule has 0 saturated heterocycles. The number of rotatable bonds is 12. The molecule has 2 N–H and O–H groups in total. The molecule has 0 spiro atoms. The van der Waals surface area contributed by atoms with Gasteiger partial charge in [-0.25, -0.2) is 5.43 Å². The van der Waals surface area contributed by atoms with Gasteiger partial charge in [-0.2, -0.15) is 5.10 Å². The summed E-state index contributed by atoms with van der Waals surface area (Å²) in [6.07, 6.45) is 1.02. The van der Waals surface area contributed by atoms with E-state index in [2.05, 4.69) is 38.4 Å². The number of amides is 2. The van der Waals surface area contributed by atoms with Gasteiger partial charge in [-0.3, -0.25) is 9.59 Å². The first-order valence-corrected chi connectivity index (χ1v) is 13.1. The van der Waals surface area contributed by atoms with Crippen LogP contribution in [0, 0.1) is 9.49 Å². The van der Waals surface area contributed by atoms with Gasteiger partial charge in [0.1, 0.15) is 11.8 Å². The highest BCUT2D eigenvalue weighted by Crippen LogP contribution is 2.33. The van der Waals surface area contributed by atoms with Crippen molar-refractivity contribution in [1.29, 1.82) is 0 Å². The number of carbonyl (C=O) groups is 2. The lowest BCUT2D eigenvalue weighted by molar-refractivity contribution is -0.132. The Hall–Kier alpha value is -2.24. The van der Waals surface area contributed by atoms with Crippen LogP contribution in [-0.2, 0) is 9.59 Å². The number of benzene rings is 2. The van der Waals surface area contributed by atoms with Gasteiger partial charge in [-0.05, 0) is 84.7 Å². The molecule has 0 aliphatic carbocycles. The maximum absolute atomic E-state index is 12.9. The standard InChI is InChI=1S/C25H30Cl2IN3O5/c1-6-35-22-11-16(10-19(28)23(22)34-5)13-29-31-25(33)20(9-14(2)3)30-24(32)15(4)36-21-8-7-17(26)12-18(21)27/h7-8,10-15,20H,6,9H2,1-5H3,(H,30,32)(H,31,33)/b29-13-/t15-,20+/m1/s1. The lowest BCUT2D eigenvalue weighted by Gasteiger charge is -2.22. The number of ether oxygens (including phenoxy) is 3. The third kappa shape index (κ3) is 9.01. The first-order chi connectivity index (χ1) is 17.0. The molecule has 8 nitrogen and oxygen atoms in total. The summed E-state index contributed by atoms with van der Waals surface area (Å²) in [4.78, 5) is 25.6. The van der Waals surface area contributed by atoms with Crippen molar-refractivity contribution in [3.05, 3.63) is 49.5 Å². The molecule has 2 rings (SSSR count). The monoisotopic (exact) mass is 649 g/mol. The van der Waals surface area contributed by atoms with Gasteiger partial charge in [0.2, 0.25) is 0 Å². The van der Waals surface area contributed by atoms with Gasteiger partial charge in [0.15, 0.2) is 17.6 Å². The molecule has 0 unspecified atom stereocenters. The summed E-state index contributed by atoms with van der Waals surface area (Å²) in [5.41, 5.74) is 3.23. The van der Waals surface area contributed by atoms with Gasteiger partial charge in [-0.15, -0.1) is 0 Å². The highest BCUT2D eigenvalue weighted by Gasteiger charge is 2.25. The van der Waals surface area contributed by atoms with E-state index in [0.717, 1.165) is 9.13 Å². The summed E-state index contributed by atoms with van der Waals surface area (Å²) in [5.74, 6) is 0.770. The zero-order valence-electron chi connectivity index (χ0n) is 20.7. The first kappa shape index (κ1) is 30.0. The fourth-order valence-corrected chi connectivity index (χ4v) is 4.48. The van der Waals surface area contributed by atoms with Crippen molar-refractivity contribution >= 4 is 63.8 Å². The molecule has 2 atom stereocenters. The summed E-state index contributed by atoms with van der Waals surface area (Å²) < 4.78 is 17.5. The van der Waals surface area contributed by atoms with E-state index in [1.54, 1.807) is 32.2 Å². The number of nitrogens with one attached hydrogen (secondary N) is 2. The van der Waals surface area contributed by atoms with E-state index in [1.807, 2.05) is 26.8 Å². The minimum atomic E-state index is -0.895. The largest absolute Gasteiger partial charge is 0.492 e. The Balaban J connectivity index is 2.07. The average molecular weight is 650 g/mol. The number of carbonyl (C=O) groups excluding carboxylic acids is 2. The molecule has 0 aliphatic heterocycles. The van der Waals surface area contributed by atoms with Crippen molar-refractivity contribution in [2.24, 2.45) is 11.0 Å². The molecule has 2 aromatic carbocycles. The Kier molecular flexibility index (Phi) is 12.1. The van der Waals surface area contributed by atoms with Crippen LogP contribution in [0.15, 0.2) is 35.4 Å². The van der Waals surface area contributed by atoms with Crippen LogP contribution in [0.3, 0.4) is 0 Å². The van der Waals surface area contributed by atoms with Crippen LogP contribution in [0.25, 0.3) is 0 Å². The number of hydrazone groups is 1. The molecule has 0 fully saturated rings. The third-order valence-electron chi connectivity index (χ3n) is 4.83. The van der Waals surface area contributed by atoms with E-state index >= 15 is 0 Å². The van der Waals surface area contributed by atoms with Crippen LogP contribution in [-0.4, -0.2) is 43.9 Å². The number of halogens is 3. The van der Waals surface area contributed by atoms with Crippen molar-refractivity contribution in [3.63, 3.8) is 0 Å². The van der Waals surface area contributed by atoms with E-state index in [1.165, 1.54) is 12.3 Å². The van der Waals surface area contributed by atoms with Crippen molar-refractivity contribution in [3.8, 4) is 17.2 Å². The maximum atomic E-state index is 12.9. The summed E-state index contributed by atoms with van der Waals surface area (Å²) in [6.45, 7) is 7.85. The molecular weight excluding hydrogens is 620 g/mol. The highest BCUT2D eigenvalue weighted by atomic mass is 127. The number of nitrogens with zero attached hydrogens (tertiary/aromatic N) is 1. The van der Waals surface area contributed by atoms with E-state index in [9.17, 15) is 9.59 Å².